The van der Waals surface area contributed by atoms with E-state index in [1.54, 1.807) is 36.5 Å². The van der Waals surface area contributed by atoms with Crippen LogP contribution in [0.3, 0.4) is 0 Å². The molecule has 134 valence electrons. The van der Waals surface area contributed by atoms with Crippen LogP contribution >= 0.6 is 11.6 Å². The molecule has 0 spiro atoms. The van der Waals surface area contributed by atoms with Crippen molar-refractivity contribution >= 4 is 23.7 Å². The Morgan fingerprint density at radius 1 is 1.19 bits per heavy atom. The first kappa shape index (κ1) is 17.1. The van der Waals surface area contributed by atoms with Crippen LogP contribution in [0.2, 0.25) is 5.02 Å². The molecule has 2 aromatic rings. The van der Waals surface area contributed by atoms with Gasteiger partial charge in [-0.25, -0.2) is 0 Å². The van der Waals surface area contributed by atoms with Gasteiger partial charge in [0.25, 0.3) is 5.56 Å². The van der Waals surface area contributed by atoms with E-state index in [1.807, 2.05) is 25.1 Å². The monoisotopic (exact) mass is 378 g/mol. The van der Waals surface area contributed by atoms with Crippen LogP contribution in [0.25, 0.3) is 28.1 Å². The van der Waals surface area contributed by atoms with E-state index in [4.69, 9.17) is 11.6 Å². The van der Waals surface area contributed by atoms with Crippen LogP contribution in [-0.4, -0.2) is 21.2 Å². The van der Waals surface area contributed by atoms with E-state index in [0.29, 0.717) is 34.1 Å². The molecular formula is C20H15ClN4O2. The van der Waals surface area contributed by atoms with Crippen LogP contribution < -0.4 is 10.9 Å². The summed E-state index contributed by atoms with van der Waals surface area (Å²) in [4.78, 5) is 26.8. The van der Waals surface area contributed by atoms with Gasteiger partial charge in [0, 0.05) is 28.2 Å². The number of rotatable bonds is 4. The van der Waals surface area contributed by atoms with Crippen molar-refractivity contribution in [2.75, 3.05) is 5.32 Å². The SMILES string of the molecule is Cc1[nH]cc2c(=O)n(-c3ccc(Cl)cc3)nc-2c1-c1cccc(NC=O)c1. The summed E-state index contributed by atoms with van der Waals surface area (Å²) in [5.41, 5.74) is 4.69. The summed E-state index contributed by atoms with van der Waals surface area (Å²) >= 11 is 5.94. The van der Waals surface area contributed by atoms with Crippen molar-refractivity contribution in [1.29, 1.82) is 0 Å². The number of hydrogen-bond acceptors (Lipinski definition) is 3. The van der Waals surface area contributed by atoms with Gasteiger partial charge in [-0.1, -0.05) is 23.7 Å². The Balaban J connectivity index is 1.94. The Kier molecular flexibility index (Phi) is 4.25. The number of aryl methyl sites for hydroxylation is 1. The quantitative estimate of drug-likeness (QED) is 0.529. The third-order valence-electron chi connectivity index (χ3n) is 4.37. The highest BCUT2D eigenvalue weighted by Gasteiger charge is 2.22. The fraction of sp³-hybridized carbons (Fsp3) is 0.0500. The van der Waals surface area contributed by atoms with E-state index in [9.17, 15) is 9.59 Å². The second-order valence-corrected chi connectivity index (χ2v) is 6.52. The average molecular weight is 379 g/mol. The molecule has 2 aliphatic rings. The number of amides is 1. The summed E-state index contributed by atoms with van der Waals surface area (Å²) in [7, 11) is 0. The lowest BCUT2D eigenvalue weighted by atomic mass is 9.98. The van der Waals surface area contributed by atoms with Crippen molar-refractivity contribution in [3.8, 4) is 28.1 Å². The Bertz CT molecular complexity index is 1160. The molecule has 4 rings (SSSR count). The van der Waals surface area contributed by atoms with E-state index in [1.165, 1.54) is 4.68 Å². The first-order valence-electron chi connectivity index (χ1n) is 8.26. The molecule has 6 nitrogen and oxygen atoms in total. The summed E-state index contributed by atoms with van der Waals surface area (Å²) in [6.45, 7) is 1.92. The highest BCUT2D eigenvalue weighted by atomic mass is 35.5. The van der Waals surface area contributed by atoms with Gasteiger partial charge >= 0.3 is 0 Å². The van der Waals surface area contributed by atoms with Gasteiger partial charge in [-0.05, 0) is 48.9 Å². The number of nitrogens with one attached hydrogen (secondary N) is 2. The maximum atomic E-state index is 12.9. The normalized spacial score (nSPS) is 10.9. The molecular weight excluding hydrogens is 364 g/mol. The van der Waals surface area contributed by atoms with E-state index >= 15 is 0 Å². The van der Waals surface area contributed by atoms with Gasteiger partial charge in [0.2, 0.25) is 6.41 Å². The second-order valence-electron chi connectivity index (χ2n) is 6.09. The topological polar surface area (TPSA) is 79.8 Å². The van der Waals surface area contributed by atoms with Crippen LogP contribution in [0.4, 0.5) is 5.69 Å². The third-order valence-corrected chi connectivity index (χ3v) is 4.62. The molecule has 2 aromatic carbocycles. The molecule has 0 atom stereocenters. The van der Waals surface area contributed by atoms with Gasteiger partial charge in [-0.2, -0.15) is 9.78 Å². The number of nitrogens with zero attached hydrogens (tertiary/aromatic N) is 2. The number of fused-ring (bicyclic) bond motifs is 1. The smallest absolute Gasteiger partial charge is 0.282 e. The highest BCUT2D eigenvalue weighted by molar-refractivity contribution is 6.30. The molecule has 0 fully saturated rings. The number of hydrogen-bond donors (Lipinski definition) is 2. The maximum Gasteiger partial charge on any atom is 0.282 e. The van der Waals surface area contributed by atoms with Crippen LogP contribution in [-0.2, 0) is 4.79 Å². The number of benzene rings is 2. The van der Waals surface area contributed by atoms with E-state index in [0.717, 1.165) is 16.8 Å². The Labute approximate surface area is 159 Å². The minimum Gasteiger partial charge on any atom is -0.364 e. The van der Waals surface area contributed by atoms with Crippen LogP contribution in [0.5, 0.6) is 0 Å². The lowest BCUT2D eigenvalue weighted by Crippen LogP contribution is -2.14. The number of anilines is 1. The second kappa shape index (κ2) is 6.74. The molecule has 0 bridgehead atoms. The van der Waals surface area contributed by atoms with Gasteiger partial charge in [0.15, 0.2) is 0 Å². The third kappa shape index (κ3) is 3.00. The van der Waals surface area contributed by atoms with Gasteiger partial charge in [0.1, 0.15) is 5.69 Å². The van der Waals surface area contributed by atoms with Crippen LogP contribution in [0.15, 0.2) is 59.5 Å². The largest absolute Gasteiger partial charge is 0.364 e. The lowest BCUT2D eigenvalue weighted by Gasteiger charge is -2.11. The maximum absolute atomic E-state index is 12.9. The lowest BCUT2D eigenvalue weighted by molar-refractivity contribution is -0.105. The number of aromatic nitrogens is 3. The van der Waals surface area contributed by atoms with Crippen molar-refractivity contribution in [2.45, 2.75) is 6.92 Å². The Morgan fingerprint density at radius 2 is 1.96 bits per heavy atom. The Hall–Kier alpha value is -3.38. The van der Waals surface area contributed by atoms with Crippen LogP contribution in [0.1, 0.15) is 5.69 Å². The first-order valence-corrected chi connectivity index (χ1v) is 8.64. The molecule has 27 heavy (non-hydrogen) atoms. The fourth-order valence-electron chi connectivity index (χ4n) is 3.10. The molecule has 2 heterocycles. The number of carbonyl (C=O) groups is 1. The van der Waals surface area contributed by atoms with Gasteiger partial charge in [-0.15, -0.1) is 0 Å². The zero-order chi connectivity index (χ0) is 19.0. The predicted octanol–water partition coefficient (Wildman–Crippen LogP) is 3.86. The minimum absolute atomic E-state index is 0.216. The van der Waals surface area contributed by atoms with Crippen LogP contribution in [0, 0.1) is 6.92 Å². The molecule has 0 unspecified atom stereocenters. The summed E-state index contributed by atoms with van der Waals surface area (Å²) < 4.78 is 1.37. The highest BCUT2D eigenvalue weighted by Crippen LogP contribution is 2.33. The van der Waals surface area contributed by atoms with E-state index < -0.39 is 0 Å². The summed E-state index contributed by atoms with van der Waals surface area (Å²) in [6.07, 6.45) is 2.30. The summed E-state index contributed by atoms with van der Waals surface area (Å²) in [5.74, 6) is 0. The number of H-pyrrole nitrogens is 1. The van der Waals surface area contributed by atoms with E-state index in [-0.39, 0.29) is 5.56 Å². The Morgan fingerprint density at radius 3 is 2.70 bits per heavy atom. The molecule has 2 N–H and O–H groups in total. The van der Waals surface area contributed by atoms with Crippen molar-refractivity contribution in [1.82, 2.24) is 14.8 Å². The average Bonchev–Trinajstić information content (AvgIpc) is 2.99. The first-order chi connectivity index (χ1) is 13.1. The van der Waals surface area contributed by atoms with Gasteiger partial charge in [-0.3, -0.25) is 9.59 Å². The summed E-state index contributed by atoms with van der Waals surface area (Å²) in [5, 5.41) is 7.81. The number of aromatic amines is 1. The standard InChI is InChI=1S/C20H15ClN4O2/c1-12-18(13-3-2-4-15(9-13)23-11-26)19-17(10-22-12)20(27)25(24-19)16-7-5-14(21)6-8-16/h2-11,22H,1H3,(H,23,26). The van der Waals surface area contributed by atoms with E-state index in [2.05, 4.69) is 15.4 Å². The number of carbonyl (C=O) groups excluding carboxylic acids is 1. The number of pyridine rings is 1. The van der Waals surface area contributed by atoms with Crippen molar-refractivity contribution in [2.24, 2.45) is 0 Å². The fourth-order valence-corrected chi connectivity index (χ4v) is 3.23. The zero-order valence-corrected chi connectivity index (χ0v) is 15.1. The molecule has 0 aliphatic carbocycles. The molecule has 2 aliphatic heterocycles. The molecule has 0 radical (unpaired) electrons. The summed E-state index contributed by atoms with van der Waals surface area (Å²) in [6, 6.07) is 14.3. The predicted molar refractivity (Wildman–Crippen MR) is 106 cm³/mol. The molecule has 0 aromatic heterocycles. The number of halogens is 1. The van der Waals surface area contributed by atoms with Crippen molar-refractivity contribution < 1.29 is 4.79 Å². The zero-order valence-electron chi connectivity index (χ0n) is 14.4. The van der Waals surface area contributed by atoms with Gasteiger partial charge < -0.3 is 10.3 Å². The minimum atomic E-state index is -0.216. The van der Waals surface area contributed by atoms with Gasteiger partial charge in [0.05, 0.1) is 11.3 Å². The van der Waals surface area contributed by atoms with Crippen molar-refractivity contribution in [3.63, 3.8) is 0 Å². The van der Waals surface area contributed by atoms with Crippen molar-refractivity contribution in [3.05, 3.63) is 75.8 Å². The molecule has 0 saturated heterocycles. The molecule has 0 saturated carbocycles. The molecule has 7 heteroatoms. The molecule has 1 amide bonds.